The maximum Gasteiger partial charge on any atom is 0.219 e. The van der Waals surface area contributed by atoms with E-state index in [0.717, 1.165) is 80.8 Å². The van der Waals surface area contributed by atoms with E-state index >= 15 is 0 Å². The average molecular weight is 571 g/mol. The molecule has 1 spiro atoms. The Hall–Kier alpha value is -3.68. The Balaban J connectivity index is 1.44. The number of hydrogen-bond acceptors (Lipinski definition) is 10. The zero-order valence-corrected chi connectivity index (χ0v) is 25.1. The van der Waals surface area contributed by atoms with Crippen molar-refractivity contribution in [3.63, 3.8) is 0 Å². The topological polar surface area (TPSA) is 129 Å². The Kier molecular flexibility index (Phi) is 8.06. The van der Waals surface area contributed by atoms with E-state index in [1.807, 2.05) is 12.1 Å². The fourth-order valence-corrected chi connectivity index (χ4v) is 6.37. The minimum atomic E-state index is 0.196. The Morgan fingerprint density at radius 3 is 2.81 bits per heavy atom. The summed E-state index contributed by atoms with van der Waals surface area (Å²) >= 11 is 0. The second kappa shape index (κ2) is 11.9. The van der Waals surface area contributed by atoms with E-state index in [4.69, 9.17) is 25.0 Å². The van der Waals surface area contributed by atoms with E-state index in [0.29, 0.717) is 47.1 Å². The predicted octanol–water partition coefficient (Wildman–Crippen LogP) is 4.57. The van der Waals surface area contributed by atoms with Gasteiger partial charge in [0.2, 0.25) is 5.88 Å². The van der Waals surface area contributed by atoms with Gasteiger partial charge in [0.1, 0.15) is 18.5 Å². The summed E-state index contributed by atoms with van der Waals surface area (Å²) < 4.78 is 12.5. The molecule has 0 bridgehead atoms. The van der Waals surface area contributed by atoms with Gasteiger partial charge in [0, 0.05) is 48.4 Å². The van der Waals surface area contributed by atoms with Crippen LogP contribution in [0.4, 0.5) is 11.5 Å². The summed E-state index contributed by atoms with van der Waals surface area (Å²) in [7, 11) is 2.15. The fraction of sp³-hybridized carbons (Fsp3) is 0.562. The maximum absolute atomic E-state index is 10.1. The van der Waals surface area contributed by atoms with Crippen LogP contribution in [-0.4, -0.2) is 71.4 Å². The highest BCUT2D eigenvalue weighted by molar-refractivity contribution is 5.81. The van der Waals surface area contributed by atoms with E-state index in [1.54, 1.807) is 6.07 Å². The van der Waals surface area contributed by atoms with E-state index in [2.05, 4.69) is 47.2 Å². The number of aromatic nitrogens is 3. The number of nitriles is 1. The standard InChI is InChI=1S/C32H42N8O2/c1-4-6-9-23-29(38-42-30(23)28-21(5-2)10-11-25(34)24(28)18-33)31-36-26(40-16-14-35-32(20-40)12-13-32)17-27(37-31)41-19-22-8-7-15-39(22)3/h10-11,17,22,35H,4-9,12-16,19-20,34H2,1-3H3. The van der Waals surface area contributed by atoms with E-state index in [-0.39, 0.29) is 5.54 Å². The van der Waals surface area contributed by atoms with Gasteiger partial charge in [0.05, 0.1) is 11.3 Å². The van der Waals surface area contributed by atoms with Crippen molar-refractivity contribution in [2.24, 2.45) is 0 Å². The lowest BCUT2D eigenvalue weighted by Crippen LogP contribution is -2.52. The number of likely N-dealkylation sites (tertiary alicyclic amines) is 1. The lowest BCUT2D eigenvalue weighted by molar-refractivity contribution is 0.193. The lowest BCUT2D eigenvalue weighted by Gasteiger charge is -2.35. The molecule has 0 amide bonds. The van der Waals surface area contributed by atoms with Crippen LogP contribution in [0.5, 0.6) is 5.88 Å². The molecule has 2 saturated heterocycles. The van der Waals surface area contributed by atoms with Crippen molar-refractivity contribution in [3.8, 4) is 34.8 Å². The summed E-state index contributed by atoms with van der Waals surface area (Å²) in [6.07, 6.45) is 8.08. The number of hydrogen-bond donors (Lipinski definition) is 2. The molecule has 3 N–H and O–H groups in total. The van der Waals surface area contributed by atoms with Crippen molar-refractivity contribution in [1.82, 2.24) is 25.3 Å². The first-order valence-electron chi connectivity index (χ1n) is 15.5. The zero-order valence-electron chi connectivity index (χ0n) is 25.1. The maximum atomic E-state index is 10.1. The number of aryl methyl sites for hydroxylation is 1. The summed E-state index contributed by atoms with van der Waals surface area (Å²) in [5, 5.41) is 18.3. The first-order chi connectivity index (χ1) is 20.4. The molecule has 1 saturated carbocycles. The second-order valence-electron chi connectivity index (χ2n) is 12.1. The highest BCUT2D eigenvalue weighted by atomic mass is 16.5. The molecule has 0 radical (unpaired) electrons. The van der Waals surface area contributed by atoms with Crippen molar-refractivity contribution in [1.29, 1.82) is 5.26 Å². The molecule has 4 heterocycles. The van der Waals surface area contributed by atoms with Gasteiger partial charge in [0.15, 0.2) is 17.3 Å². The number of ether oxygens (including phenoxy) is 1. The SMILES string of the molecule is CCCCc1c(-c2nc(OCC3CCCN3C)cc(N3CCNC4(CC4)C3)n2)noc1-c1c(CC)ccc(N)c1C#N. The van der Waals surface area contributed by atoms with Crippen LogP contribution in [0.2, 0.25) is 0 Å². The third-order valence-corrected chi connectivity index (χ3v) is 9.16. The summed E-state index contributed by atoms with van der Waals surface area (Å²) in [5.74, 6) is 2.49. The number of nitrogens with two attached hydrogens (primary N) is 1. The molecule has 2 aromatic heterocycles. The van der Waals surface area contributed by atoms with Crippen LogP contribution in [0.25, 0.3) is 22.8 Å². The Morgan fingerprint density at radius 1 is 1.24 bits per heavy atom. The number of piperazine rings is 1. The van der Waals surface area contributed by atoms with E-state index in [9.17, 15) is 5.26 Å². The van der Waals surface area contributed by atoms with Crippen LogP contribution in [-0.2, 0) is 12.8 Å². The van der Waals surface area contributed by atoms with Crippen LogP contribution in [0.1, 0.15) is 69.1 Å². The molecule has 6 rings (SSSR count). The first kappa shape index (κ1) is 28.4. The number of nitrogens with zero attached hydrogens (tertiary/aromatic N) is 6. The molecule has 2 aliphatic heterocycles. The van der Waals surface area contributed by atoms with Crippen LogP contribution >= 0.6 is 0 Å². The summed E-state index contributed by atoms with van der Waals surface area (Å²) in [6.45, 7) is 8.60. The summed E-state index contributed by atoms with van der Waals surface area (Å²) in [5.41, 5.74) is 10.5. The smallest absolute Gasteiger partial charge is 0.219 e. The molecule has 3 aliphatic rings. The van der Waals surface area contributed by atoms with Gasteiger partial charge in [-0.1, -0.05) is 31.5 Å². The third kappa shape index (κ3) is 5.55. The molecule has 1 atom stereocenters. The molecule has 1 unspecified atom stereocenters. The molecule has 1 aliphatic carbocycles. The Morgan fingerprint density at radius 2 is 2.10 bits per heavy atom. The number of anilines is 2. The third-order valence-electron chi connectivity index (χ3n) is 9.16. The molecule has 3 aromatic rings. The predicted molar refractivity (Wildman–Crippen MR) is 163 cm³/mol. The number of benzene rings is 1. The average Bonchev–Trinajstić information content (AvgIpc) is 3.40. The number of likely N-dealkylation sites (N-methyl/N-ethyl adjacent to an activating group) is 1. The molecule has 10 nitrogen and oxygen atoms in total. The molecule has 10 heteroatoms. The van der Waals surface area contributed by atoms with Gasteiger partial charge in [-0.3, -0.25) is 0 Å². The highest BCUT2D eigenvalue weighted by Crippen LogP contribution is 2.41. The van der Waals surface area contributed by atoms with Gasteiger partial charge < -0.3 is 30.1 Å². The molecule has 222 valence electrons. The fourth-order valence-electron chi connectivity index (χ4n) is 6.37. The van der Waals surface area contributed by atoms with Gasteiger partial charge in [-0.05, 0) is 70.2 Å². The minimum absolute atomic E-state index is 0.196. The van der Waals surface area contributed by atoms with Gasteiger partial charge >= 0.3 is 0 Å². The molecular weight excluding hydrogens is 528 g/mol. The van der Waals surface area contributed by atoms with Gasteiger partial charge in [-0.2, -0.15) is 10.2 Å². The van der Waals surface area contributed by atoms with E-state index in [1.165, 1.54) is 19.3 Å². The van der Waals surface area contributed by atoms with Crippen LogP contribution < -0.4 is 20.7 Å². The van der Waals surface area contributed by atoms with Crippen molar-refractivity contribution >= 4 is 11.5 Å². The van der Waals surface area contributed by atoms with Crippen LogP contribution in [0.3, 0.4) is 0 Å². The number of rotatable bonds is 10. The molecule has 3 fully saturated rings. The van der Waals surface area contributed by atoms with Gasteiger partial charge in [-0.15, -0.1) is 0 Å². The molecular formula is C32H42N8O2. The highest BCUT2D eigenvalue weighted by Gasteiger charge is 2.46. The second-order valence-corrected chi connectivity index (χ2v) is 12.1. The normalized spacial score (nSPS) is 19.8. The van der Waals surface area contributed by atoms with Crippen molar-refractivity contribution in [2.75, 3.05) is 50.5 Å². The number of unbranched alkanes of at least 4 members (excludes halogenated alkanes) is 1. The van der Waals surface area contributed by atoms with Gasteiger partial charge in [-0.25, -0.2) is 4.98 Å². The van der Waals surface area contributed by atoms with Crippen LogP contribution in [0.15, 0.2) is 22.7 Å². The molecule has 1 aromatic carbocycles. The Labute approximate surface area is 248 Å². The summed E-state index contributed by atoms with van der Waals surface area (Å²) in [6, 6.07) is 8.43. The van der Waals surface area contributed by atoms with Crippen molar-refractivity contribution in [3.05, 3.63) is 34.9 Å². The summed E-state index contributed by atoms with van der Waals surface area (Å²) in [4.78, 5) is 14.7. The van der Waals surface area contributed by atoms with Crippen molar-refractivity contribution < 1.29 is 9.26 Å². The Bertz CT molecular complexity index is 1470. The zero-order chi connectivity index (χ0) is 29.3. The van der Waals surface area contributed by atoms with E-state index < -0.39 is 0 Å². The lowest BCUT2D eigenvalue weighted by atomic mass is 9.92. The quantitative estimate of drug-likeness (QED) is 0.334. The minimum Gasteiger partial charge on any atom is -0.476 e. The number of nitrogen functional groups attached to an aromatic ring is 1. The largest absolute Gasteiger partial charge is 0.476 e. The molecule has 42 heavy (non-hydrogen) atoms. The monoisotopic (exact) mass is 570 g/mol. The van der Waals surface area contributed by atoms with Gasteiger partial charge in [0.25, 0.3) is 0 Å². The van der Waals surface area contributed by atoms with Crippen LogP contribution in [0, 0.1) is 11.3 Å². The number of nitrogens with one attached hydrogen (secondary N) is 1. The first-order valence-corrected chi connectivity index (χ1v) is 15.5. The van der Waals surface area contributed by atoms with Crippen molar-refractivity contribution in [2.45, 2.75) is 76.8 Å².